The molecule has 0 bridgehead atoms. The van der Waals surface area contributed by atoms with Gasteiger partial charge >= 0.3 is 0 Å². The Bertz CT molecular complexity index is 963. The van der Waals surface area contributed by atoms with Crippen molar-refractivity contribution in [3.8, 4) is 0 Å². The molecule has 2 aromatic carbocycles. The quantitative estimate of drug-likeness (QED) is 0.624. The van der Waals surface area contributed by atoms with Crippen LogP contribution in [0.25, 0.3) is 0 Å². The second-order valence-corrected chi connectivity index (χ2v) is 7.05. The van der Waals surface area contributed by atoms with Crippen molar-refractivity contribution in [2.45, 2.75) is 32.5 Å². The van der Waals surface area contributed by atoms with Crippen molar-refractivity contribution in [2.24, 2.45) is 0 Å². The molecule has 3 rings (SSSR count). The number of pyridine rings is 1. The molecule has 1 aromatic heterocycles. The van der Waals surface area contributed by atoms with E-state index in [4.69, 9.17) is 0 Å². The predicted molar refractivity (Wildman–Crippen MR) is 113 cm³/mol. The lowest BCUT2D eigenvalue weighted by Gasteiger charge is -2.30. The minimum Gasteiger partial charge on any atom is -0.350 e. The Morgan fingerprint density at radius 3 is 2.23 bits per heavy atom. The molecule has 0 fully saturated rings. The van der Waals surface area contributed by atoms with Crippen molar-refractivity contribution < 1.29 is 14.0 Å². The molecule has 0 saturated heterocycles. The maximum absolute atomic E-state index is 13.3. The first-order valence-corrected chi connectivity index (χ1v) is 9.75. The minimum atomic E-state index is -0.697. The SMILES string of the molecule is CC(=O)N(Cc1ccc(F)cc1)[C@H](Cc1ccccc1)C(=O)NCc1ccncc1. The molecule has 6 heteroatoms. The molecule has 0 saturated carbocycles. The summed E-state index contributed by atoms with van der Waals surface area (Å²) in [6.45, 7) is 2.00. The first-order chi connectivity index (χ1) is 14.5. The average molecular weight is 405 g/mol. The summed E-state index contributed by atoms with van der Waals surface area (Å²) in [6.07, 6.45) is 3.71. The molecule has 0 aliphatic carbocycles. The Labute approximate surface area is 175 Å². The molecule has 1 N–H and O–H groups in total. The van der Waals surface area contributed by atoms with E-state index in [0.29, 0.717) is 13.0 Å². The number of hydrogen-bond donors (Lipinski definition) is 1. The van der Waals surface area contributed by atoms with Crippen LogP contribution in [0.4, 0.5) is 4.39 Å². The zero-order valence-corrected chi connectivity index (χ0v) is 16.8. The zero-order valence-electron chi connectivity index (χ0n) is 16.8. The summed E-state index contributed by atoms with van der Waals surface area (Å²) >= 11 is 0. The number of halogens is 1. The molecular weight excluding hydrogens is 381 g/mol. The van der Waals surface area contributed by atoms with E-state index in [0.717, 1.165) is 16.7 Å². The van der Waals surface area contributed by atoms with Crippen LogP contribution in [0.3, 0.4) is 0 Å². The van der Waals surface area contributed by atoms with Crippen molar-refractivity contribution in [1.29, 1.82) is 0 Å². The number of hydrogen-bond acceptors (Lipinski definition) is 3. The Morgan fingerprint density at radius 1 is 0.933 bits per heavy atom. The van der Waals surface area contributed by atoms with Crippen molar-refractivity contribution >= 4 is 11.8 Å². The molecule has 0 aliphatic rings. The molecule has 1 atom stereocenters. The Balaban J connectivity index is 1.82. The van der Waals surface area contributed by atoms with Gasteiger partial charge in [0.05, 0.1) is 0 Å². The lowest BCUT2D eigenvalue weighted by atomic mass is 10.0. The highest BCUT2D eigenvalue weighted by Crippen LogP contribution is 2.15. The number of nitrogens with zero attached hydrogens (tertiary/aromatic N) is 2. The van der Waals surface area contributed by atoms with Gasteiger partial charge in [-0.15, -0.1) is 0 Å². The van der Waals surface area contributed by atoms with Gasteiger partial charge in [-0.1, -0.05) is 42.5 Å². The second kappa shape index (κ2) is 10.3. The normalized spacial score (nSPS) is 11.5. The number of aromatic nitrogens is 1. The van der Waals surface area contributed by atoms with E-state index >= 15 is 0 Å². The van der Waals surface area contributed by atoms with E-state index in [2.05, 4.69) is 10.3 Å². The summed E-state index contributed by atoms with van der Waals surface area (Å²) in [5.41, 5.74) is 2.63. The van der Waals surface area contributed by atoms with Gasteiger partial charge in [-0.25, -0.2) is 4.39 Å². The van der Waals surface area contributed by atoms with Crippen molar-refractivity contribution in [3.63, 3.8) is 0 Å². The number of nitrogens with one attached hydrogen (secondary N) is 1. The summed E-state index contributed by atoms with van der Waals surface area (Å²) in [5.74, 6) is -0.809. The molecule has 0 radical (unpaired) electrons. The third-order valence-electron chi connectivity index (χ3n) is 4.84. The largest absolute Gasteiger partial charge is 0.350 e. The first-order valence-electron chi connectivity index (χ1n) is 9.75. The van der Waals surface area contributed by atoms with Gasteiger partial charge in [0, 0.05) is 38.8 Å². The fourth-order valence-corrected chi connectivity index (χ4v) is 3.22. The van der Waals surface area contributed by atoms with Gasteiger partial charge < -0.3 is 10.2 Å². The van der Waals surface area contributed by atoms with Crippen LogP contribution in [0, 0.1) is 5.82 Å². The smallest absolute Gasteiger partial charge is 0.243 e. The number of carbonyl (C=O) groups is 2. The van der Waals surface area contributed by atoms with Crippen molar-refractivity contribution in [1.82, 2.24) is 15.2 Å². The van der Waals surface area contributed by atoms with Crippen LogP contribution < -0.4 is 5.32 Å². The minimum absolute atomic E-state index is 0.218. The Morgan fingerprint density at radius 2 is 1.60 bits per heavy atom. The van der Waals surface area contributed by atoms with E-state index in [-0.39, 0.29) is 24.2 Å². The number of carbonyl (C=O) groups excluding carboxylic acids is 2. The van der Waals surface area contributed by atoms with Crippen LogP contribution in [0.5, 0.6) is 0 Å². The summed E-state index contributed by atoms with van der Waals surface area (Å²) in [6, 6.07) is 18.5. The van der Waals surface area contributed by atoms with E-state index in [1.54, 1.807) is 24.5 Å². The van der Waals surface area contributed by atoms with Crippen LogP contribution in [0.15, 0.2) is 79.1 Å². The molecule has 2 amide bonds. The third-order valence-corrected chi connectivity index (χ3v) is 4.84. The fraction of sp³-hybridized carbons (Fsp3) is 0.208. The van der Waals surface area contributed by atoms with Gasteiger partial charge in [0.2, 0.25) is 11.8 Å². The van der Waals surface area contributed by atoms with E-state index in [9.17, 15) is 14.0 Å². The molecule has 0 spiro atoms. The van der Waals surface area contributed by atoms with Gasteiger partial charge in [-0.05, 0) is 41.0 Å². The van der Waals surface area contributed by atoms with Crippen LogP contribution in [-0.4, -0.2) is 27.7 Å². The maximum atomic E-state index is 13.3. The van der Waals surface area contributed by atoms with Crippen LogP contribution in [0.2, 0.25) is 0 Å². The monoisotopic (exact) mass is 405 g/mol. The van der Waals surface area contributed by atoms with Gasteiger partial charge in [0.25, 0.3) is 0 Å². The van der Waals surface area contributed by atoms with E-state index in [1.807, 2.05) is 42.5 Å². The summed E-state index contributed by atoms with van der Waals surface area (Å²) < 4.78 is 13.3. The zero-order chi connectivity index (χ0) is 21.3. The van der Waals surface area contributed by atoms with Gasteiger partial charge in [-0.2, -0.15) is 0 Å². The standard InChI is InChI=1S/C24H24FN3O2/c1-18(29)28(17-21-7-9-22(25)10-8-21)23(15-19-5-3-2-4-6-19)24(30)27-16-20-11-13-26-14-12-20/h2-14,23H,15-17H2,1H3,(H,27,30)/t23-/m1/s1. The highest BCUT2D eigenvalue weighted by Gasteiger charge is 2.28. The number of rotatable bonds is 8. The third kappa shape index (κ3) is 5.98. The summed E-state index contributed by atoms with van der Waals surface area (Å²) in [4.78, 5) is 31.1. The van der Waals surface area contributed by atoms with E-state index < -0.39 is 6.04 Å². The fourth-order valence-electron chi connectivity index (χ4n) is 3.22. The Kier molecular flexibility index (Phi) is 7.27. The average Bonchev–Trinajstić information content (AvgIpc) is 2.77. The number of benzene rings is 2. The second-order valence-electron chi connectivity index (χ2n) is 7.05. The van der Waals surface area contributed by atoms with E-state index in [1.165, 1.54) is 24.0 Å². The number of amides is 2. The summed E-state index contributed by atoms with van der Waals surface area (Å²) in [5, 5.41) is 2.93. The molecule has 0 aliphatic heterocycles. The lowest BCUT2D eigenvalue weighted by molar-refractivity contribution is -0.139. The molecule has 1 heterocycles. The van der Waals surface area contributed by atoms with Gasteiger partial charge in [-0.3, -0.25) is 14.6 Å². The molecule has 3 aromatic rings. The molecule has 5 nitrogen and oxygen atoms in total. The van der Waals surface area contributed by atoms with Crippen LogP contribution in [-0.2, 0) is 29.1 Å². The van der Waals surface area contributed by atoms with Crippen LogP contribution >= 0.6 is 0 Å². The molecule has 154 valence electrons. The highest BCUT2D eigenvalue weighted by molar-refractivity contribution is 5.87. The van der Waals surface area contributed by atoms with Gasteiger partial charge in [0.1, 0.15) is 11.9 Å². The molecular formula is C24H24FN3O2. The molecule has 0 unspecified atom stereocenters. The predicted octanol–water partition coefficient (Wildman–Crippen LogP) is 3.50. The van der Waals surface area contributed by atoms with Crippen molar-refractivity contribution in [2.75, 3.05) is 0 Å². The highest BCUT2D eigenvalue weighted by atomic mass is 19.1. The molecule has 30 heavy (non-hydrogen) atoms. The summed E-state index contributed by atoms with van der Waals surface area (Å²) in [7, 11) is 0. The van der Waals surface area contributed by atoms with Crippen LogP contribution in [0.1, 0.15) is 23.6 Å². The first kappa shape index (κ1) is 21.2. The topological polar surface area (TPSA) is 62.3 Å². The Hall–Kier alpha value is -3.54. The van der Waals surface area contributed by atoms with Crippen molar-refractivity contribution in [3.05, 3.63) is 102 Å². The lowest BCUT2D eigenvalue weighted by Crippen LogP contribution is -2.49. The maximum Gasteiger partial charge on any atom is 0.243 e. The van der Waals surface area contributed by atoms with Gasteiger partial charge in [0.15, 0.2) is 0 Å².